The average Bonchev–Trinajstić information content (AvgIpc) is 2.15. The summed E-state index contributed by atoms with van der Waals surface area (Å²) in [7, 11) is 0. The van der Waals surface area contributed by atoms with Crippen LogP contribution in [0.5, 0.6) is 0 Å². The molecule has 0 fully saturated rings. The molecule has 1 rings (SSSR count). The second kappa shape index (κ2) is 4.55. The maximum atomic E-state index is 10.5. The first-order chi connectivity index (χ1) is 6.59. The predicted octanol–water partition coefficient (Wildman–Crippen LogP) is 0.709. The Morgan fingerprint density at radius 3 is 2.21 bits per heavy atom. The zero-order valence-electron chi connectivity index (χ0n) is 7.29. The number of aliphatic hydroxyl groups excluding tert-OH is 1. The van der Waals surface area contributed by atoms with Gasteiger partial charge in [0.1, 0.15) is 0 Å². The second-order valence-corrected chi connectivity index (χ2v) is 2.70. The van der Waals surface area contributed by atoms with Crippen molar-refractivity contribution in [3.05, 3.63) is 41.5 Å². The van der Waals surface area contributed by atoms with E-state index in [1.54, 1.807) is 12.1 Å². The Labute approximate surface area is 80.7 Å². The zero-order chi connectivity index (χ0) is 10.6. The van der Waals surface area contributed by atoms with Crippen LogP contribution in [-0.2, 0) is 0 Å². The highest BCUT2D eigenvalue weighted by molar-refractivity contribution is 5.87. The molecule has 0 aromatic heterocycles. The Balaban J connectivity index is 2.78. The minimum Gasteiger partial charge on any atom is -0.478 e. The summed E-state index contributed by atoms with van der Waals surface area (Å²) in [6.45, 7) is 0. The third-order valence-electron chi connectivity index (χ3n) is 1.62. The van der Waals surface area contributed by atoms with E-state index in [1.165, 1.54) is 24.3 Å². The van der Waals surface area contributed by atoms with E-state index in [2.05, 4.69) is 0 Å². The number of hydrogen-bond acceptors (Lipinski definition) is 3. The SMILES string of the molecule is O=C(O)c1ccc(C=CC(O)O)cc1. The van der Waals surface area contributed by atoms with Crippen molar-refractivity contribution in [3.63, 3.8) is 0 Å². The first kappa shape index (κ1) is 10.4. The lowest BCUT2D eigenvalue weighted by Crippen LogP contribution is -1.97. The molecule has 0 heterocycles. The van der Waals surface area contributed by atoms with Gasteiger partial charge in [-0.2, -0.15) is 0 Å². The first-order valence-electron chi connectivity index (χ1n) is 3.97. The standard InChI is InChI=1S/C10H10O4/c11-9(12)6-3-7-1-4-8(5-2-7)10(13)14/h1-6,9,11-12H,(H,13,14). The Hall–Kier alpha value is -1.65. The van der Waals surface area contributed by atoms with Crippen molar-refractivity contribution in [1.29, 1.82) is 0 Å². The molecule has 4 heteroatoms. The molecule has 0 unspecified atom stereocenters. The van der Waals surface area contributed by atoms with Crippen LogP contribution in [0.2, 0.25) is 0 Å². The quantitative estimate of drug-likeness (QED) is 0.619. The number of rotatable bonds is 3. The van der Waals surface area contributed by atoms with E-state index in [0.717, 1.165) is 0 Å². The van der Waals surface area contributed by atoms with Gasteiger partial charge in [0.2, 0.25) is 0 Å². The van der Waals surface area contributed by atoms with Gasteiger partial charge < -0.3 is 15.3 Å². The molecule has 0 atom stereocenters. The summed E-state index contributed by atoms with van der Waals surface area (Å²) in [5.74, 6) is -0.984. The summed E-state index contributed by atoms with van der Waals surface area (Å²) < 4.78 is 0. The van der Waals surface area contributed by atoms with Crippen LogP contribution in [-0.4, -0.2) is 27.6 Å². The summed E-state index contributed by atoms with van der Waals surface area (Å²) in [6, 6.07) is 6.07. The molecular formula is C10H10O4. The maximum absolute atomic E-state index is 10.5. The van der Waals surface area contributed by atoms with E-state index >= 15 is 0 Å². The van der Waals surface area contributed by atoms with Gasteiger partial charge in [0.05, 0.1) is 5.56 Å². The van der Waals surface area contributed by atoms with Crippen LogP contribution in [0.4, 0.5) is 0 Å². The molecule has 4 nitrogen and oxygen atoms in total. The maximum Gasteiger partial charge on any atom is 0.335 e. The average molecular weight is 194 g/mol. The summed E-state index contributed by atoms with van der Waals surface area (Å²) in [4.78, 5) is 10.5. The summed E-state index contributed by atoms with van der Waals surface area (Å²) in [5, 5.41) is 25.7. The van der Waals surface area contributed by atoms with E-state index in [4.69, 9.17) is 15.3 Å². The van der Waals surface area contributed by atoms with Crippen molar-refractivity contribution in [2.45, 2.75) is 6.29 Å². The van der Waals surface area contributed by atoms with Crippen LogP contribution < -0.4 is 0 Å². The lowest BCUT2D eigenvalue weighted by molar-refractivity contribution is 0.00302. The smallest absolute Gasteiger partial charge is 0.335 e. The van der Waals surface area contributed by atoms with Crippen LogP contribution in [0.25, 0.3) is 6.08 Å². The minimum atomic E-state index is -1.49. The van der Waals surface area contributed by atoms with Crippen molar-refractivity contribution in [2.24, 2.45) is 0 Å². The highest BCUT2D eigenvalue weighted by Gasteiger charge is 1.99. The molecule has 1 aromatic carbocycles. The van der Waals surface area contributed by atoms with Gasteiger partial charge in [-0.05, 0) is 23.8 Å². The Morgan fingerprint density at radius 1 is 1.21 bits per heavy atom. The van der Waals surface area contributed by atoms with Crippen molar-refractivity contribution in [1.82, 2.24) is 0 Å². The highest BCUT2D eigenvalue weighted by atomic mass is 16.5. The Morgan fingerprint density at radius 2 is 1.79 bits per heavy atom. The van der Waals surface area contributed by atoms with Gasteiger partial charge in [-0.15, -0.1) is 0 Å². The molecular weight excluding hydrogens is 184 g/mol. The molecule has 0 saturated heterocycles. The Bertz CT molecular complexity index is 338. The van der Waals surface area contributed by atoms with Gasteiger partial charge in [0.15, 0.2) is 6.29 Å². The van der Waals surface area contributed by atoms with Gasteiger partial charge in [0.25, 0.3) is 0 Å². The van der Waals surface area contributed by atoms with Crippen LogP contribution in [0.1, 0.15) is 15.9 Å². The third kappa shape index (κ3) is 3.01. The molecule has 3 N–H and O–H groups in total. The van der Waals surface area contributed by atoms with Gasteiger partial charge in [0, 0.05) is 0 Å². The van der Waals surface area contributed by atoms with Crippen LogP contribution in [0, 0.1) is 0 Å². The molecule has 1 aromatic rings. The molecule has 14 heavy (non-hydrogen) atoms. The number of aliphatic hydroxyl groups is 2. The van der Waals surface area contributed by atoms with Crippen LogP contribution >= 0.6 is 0 Å². The zero-order valence-corrected chi connectivity index (χ0v) is 7.29. The van der Waals surface area contributed by atoms with Crippen molar-refractivity contribution in [2.75, 3.05) is 0 Å². The van der Waals surface area contributed by atoms with E-state index < -0.39 is 12.3 Å². The minimum absolute atomic E-state index is 0.201. The van der Waals surface area contributed by atoms with Crippen molar-refractivity contribution in [3.8, 4) is 0 Å². The molecule has 0 amide bonds. The second-order valence-electron chi connectivity index (χ2n) is 2.70. The number of carboxylic acids is 1. The Kier molecular flexibility index (Phi) is 3.39. The third-order valence-corrected chi connectivity index (χ3v) is 1.62. The summed E-state index contributed by atoms with van der Waals surface area (Å²) >= 11 is 0. The van der Waals surface area contributed by atoms with E-state index in [1.807, 2.05) is 0 Å². The van der Waals surface area contributed by atoms with Gasteiger partial charge in [-0.25, -0.2) is 4.79 Å². The number of carboxylic acid groups (broad SMARTS) is 1. The molecule has 0 aliphatic heterocycles. The molecule has 0 saturated carbocycles. The fraction of sp³-hybridized carbons (Fsp3) is 0.100. The molecule has 74 valence electrons. The number of benzene rings is 1. The lowest BCUT2D eigenvalue weighted by atomic mass is 10.1. The van der Waals surface area contributed by atoms with Gasteiger partial charge in [-0.3, -0.25) is 0 Å². The first-order valence-corrected chi connectivity index (χ1v) is 3.97. The fourth-order valence-corrected chi connectivity index (χ4v) is 0.934. The number of hydrogen-bond donors (Lipinski definition) is 3. The molecule has 0 aliphatic carbocycles. The number of aromatic carboxylic acids is 1. The topological polar surface area (TPSA) is 77.8 Å². The van der Waals surface area contributed by atoms with E-state index in [0.29, 0.717) is 5.56 Å². The molecule has 0 bridgehead atoms. The molecule has 0 aliphatic rings. The monoisotopic (exact) mass is 194 g/mol. The molecule has 0 radical (unpaired) electrons. The van der Waals surface area contributed by atoms with Gasteiger partial charge >= 0.3 is 5.97 Å². The summed E-state index contributed by atoms with van der Waals surface area (Å²) in [6.07, 6.45) is 1.20. The lowest BCUT2D eigenvalue weighted by Gasteiger charge is -1.96. The number of carbonyl (C=O) groups is 1. The van der Waals surface area contributed by atoms with Crippen molar-refractivity contribution >= 4 is 12.0 Å². The predicted molar refractivity (Wildman–Crippen MR) is 50.7 cm³/mol. The fourth-order valence-electron chi connectivity index (χ4n) is 0.934. The van der Waals surface area contributed by atoms with Crippen molar-refractivity contribution < 1.29 is 20.1 Å². The van der Waals surface area contributed by atoms with Crippen LogP contribution in [0.15, 0.2) is 30.3 Å². The van der Waals surface area contributed by atoms with Crippen LogP contribution in [0.3, 0.4) is 0 Å². The van der Waals surface area contributed by atoms with Gasteiger partial charge in [-0.1, -0.05) is 18.2 Å². The van der Waals surface area contributed by atoms with E-state index in [9.17, 15) is 4.79 Å². The highest BCUT2D eigenvalue weighted by Crippen LogP contribution is 2.06. The van der Waals surface area contributed by atoms with E-state index in [-0.39, 0.29) is 5.56 Å². The summed E-state index contributed by atoms with van der Waals surface area (Å²) in [5.41, 5.74) is 0.912. The largest absolute Gasteiger partial charge is 0.478 e. The normalized spacial score (nSPS) is 11.1. The molecule has 0 spiro atoms.